The van der Waals surface area contributed by atoms with Crippen LogP contribution in [0.4, 0.5) is 0 Å². The van der Waals surface area contributed by atoms with Crippen molar-refractivity contribution in [2.24, 2.45) is 0 Å². The second-order valence-corrected chi connectivity index (χ2v) is 3.62. The molecule has 1 N–H and O–H groups in total. The van der Waals surface area contributed by atoms with E-state index in [1.807, 2.05) is 18.2 Å². The number of carboxylic acids is 1. The summed E-state index contributed by atoms with van der Waals surface area (Å²) in [7, 11) is 1.48. The van der Waals surface area contributed by atoms with Crippen molar-refractivity contribution < 1.29 is 19.4 Å². The molecule has 0 fully saturated rings. The van der Waals surface area contributed by atoms with Crippen LogP contribution in [-0.2, 0) is 0 Å². The Hall–Kier alpha value is -2.49. The van der Waals surface area contributed by atoms with Gasteiger partial charge >= 0.3 is 5.97 Å². The molecule has 18 heavy (non-hydrogen) atoms. The van der Waals surface area contributed by atoms with Crippen LogP contribution in [0.5, 0.6) is 17.2 Å². The van der Waals surface area contributed by atoms with E-state index >= 15 is 0 Å². The lowest BCUT2D eigenvalue weighted by Crippen LogP contribution is -1.98. The smallest absolute Gasteiger partial charge is 0.335 e. The molecule has 4 nitrogen and oxygen atoms in total. The topological polar surface area (TPSA) is 55.8 Å². The minimum Gasteiger partial charge on any atom is -0.497 e. The molecule has 0 aliphatic heterocycles. The summed E-state index contributed by atoms with van der Waals surface area (Å²) in [6.07, 6.45) is 0. The molecule has 2 rings (SSSR count). The van der Waals surface area contributed by atoms with Crippen molar-refractivity contribution in [1.29, 1.82) is 0 Å². The molecule has 2 aromatic carbocycles. The maximum absolute atomic E-state index is 11.0. The lowest BCUT2D eigenvalue weighted by molar-refractivity contribution is 0.0696. The van der Waals surface area contributed by atoms with Crippen molar-refractivity contribution in [2.75, 3.05) is 7.11 Å². The monoisotopic (exact) mass is 244 g/mol. The van der Waals surface area contributed by atoms with Crippen LogP contribution in [0.3, 0.4) is 0 Å². The van der Waals surface area contributed by atoms with Crippen LogP contribution in [0.1, 0.15) is 10.4 Å². The third kappa shape index (κ3) is 2.79. The highest BCUT2D eigenvalue weighted by molar-refractivity contribution is 5.88. The Bertz CT molecular complexity index is 549. The first-order valence-electron chi connectivity index (χ1n) is 5.34. The number of hydrogen-bond donors (Lipinski definition) is 1. The van der Waals surface area contributed by atoms with E-state index in [4.69, 9.17) is 14.6 Å². The SMILES string of the molecule is COc1cc(Oc2ccccc2)cc(C(=O)O)c1. The van der Waals surface area contributed by atoms with Gasteiger partial charge < -0.3 is 14.6 Å². The van der Waals surface area contributed by atoms with E-state index in [-0.39, 0.29) is 5.56 Å². The first-order chi connectivity index (χ1) is 8.69. The molecule has 0 bridgehead atoms. The second kappa shape index (κ2) is 5.23. The molecular formula is C14H12O4. The Morgan fingerprint density at radius 3 is 2.28 bits per heavy atom. The van der Waals surface area contributed by atoms with E-state index < -0.39 is 5.97 Å². The zero-order chi connectivity index (χ0) is 13.0. The van der Waals surface area contributed by atoms with E-state index in [1.165, 1.54) is 19.2 Å². The van der Waals surface area contributed by atoms with E-state index in [9.17, 15) is 4.79 Å². The number of carbonyl (C=O) groups is 1. The zero-order valence-corrected chi connectivity index (χ0v) is 9.79. The van der Waals surface area contributed by atoms with E-state index in [2.05, 4.69) is 0 Å². The minimum absolute atomic E-state index is 0.125. The number of para-hydroxylation sites is 1. The Kier molecular flexibility index (Phi) is 3.48. The Labute approximate surface area is 104 Å². The highest BCUT2D eigenvalue weighted by atomic mass is 16.5. The number of rotatable bonds is 4. The van der Waals surface area contributed by atoms with Crippen molar-refractivity contribution in [2.45, 2.75) is 0 Å². The molecular weight excluding hydrogens is 232 g/mol. The van der Waals surface area contributed by atoms with Gasteiger partial charge in [0.05, 0.1) is 12.7 Å². The van der Waals surface area contributed by atoms with Gasteiger partial charge in [-0.2, -0.15) is 0 Å². The summed E-state index contributed by atoms with van der Waals surface area (Å²) in [5.74, 6) is 0.493. The van der Waals surface area contributed by atoms with Crippen LogP contribution in [0.2, 0.25) is 0 Å². The van der Waals surface area contributed by atoms with Crippen molar-refractivity contribution in [3.8, 4) is 17.2 Å². The number of hydrogen-bond acceptors (Lipinski definition) is 3. The van der Waals surface area contributed by atoms with Crippen LogP contribution in [0.25, 0.3) is 0 Å². The van der Waals surface area contributed by atoms with Gasteiger partial charge in [0, 0.05) is 6.07 Å². The van der Waals surface area contributed by atoms with E-state index in [0.29, 0.717) is 17.2 Å². The fourth-order valence-electron chi connectivity index (χ4n) is 1.50. The molecule has 0 saturated carbocycles. The Morgan fingerprint density at radius 1 is 1.00 bits per heavy atom. The summed E-state index contributed by atoms with van der Waals surface area (Å²) in [5, 5.41) is 8.98. The highest BCUT2D eigenvalue weighted by Crippen LogP contribution is 2.27. The fraction of sp³-hybridized carbons (Fsp3) is 0.0714. The van der Waals surface area contributed by atoms with Gasteiger partial charge in [-0.15, -0.1) is 0 Å². The van der Waals surface area contributed by atoms with E-state index in [1.54, 1.807) is 18.2 Å². The zero-order valence-electron chi connectivity index (χ0n) is 9.79. The molecule has 0 atom stereocenters. The molecule has 0 aromatic heterocycles. The van der Waals surface area contributed by atoms with Crippen LogP contribution >= 0.6 is 0 Å². The van der Waals surface area contributed by atoms with Gasteiger partial charge in [0.25, 0.3) is 0 Å². The molecule has 4 heteroatoms. The molecule has 0 amide bonds. The molecule has 0 aliphatic rings. The van der Waals surface area contributed by atoms with Gasteiger partial charge in [-0.1, -0.05) is 18.2 Å². The maximum Gasteiger partial charge on any atom is 0.335 e. The summed E-state index contributed by atoms with van der Waals surface area (Å²) < 4.78 is 10.6. The Balaban J connectivity index is 2.32. The average molecular weight is 244 g/mol. The van der Waals surface area contributed by atoms with Gasteiger partial charge in [0.1, 0.15) is 17.2 Å². The second-order valence-electron chi connectivity index (χ2n) is 3.62. The summed E-state index contributed by atoms with van der Waals surface area (Å²) in [5.41, 5.74) is 0.125. The average Bonchev–Trinajstić information content (AvgIpc) is 2.39. The van der Waals surface area contributed by atoms with Crippen molar-refractivity contribution >= 4 is 5.97 Å². The van der Waals surface area contributed by atoms with Gasteiger partial charge in [-0.3, -0.25) is 0 Å². The van der Waals surface area contributed by atoms with Gasteiger partial charge in [-0.25, -0.2) is 4.79 Å². The molecule has 0 aliphatic carbocycles. The normalized spacial score (nSPS) is 9.83. The first-order valence-corrected chi connectivity index (χ1v) is 5.34. The van der Waals surface area contributed by atoms with Crippen LogP contribution in [-0.4, -0.2) is 18.2 Å². The quantitative estimate of drug-likeness (QED) is 0.897. The van der Waals surface area contributed by atoms with Crippen molar-refractivity contribution in [3.63, 3.8) is 0 Å². The summed E-state index contributed by atoms with van der Waals surface area (Å²) in [6.45, 7) is 0. The summed E-state index contributed by atoms with van der Waals surface area (Å²) >= 11 is 0. The summed E-state index contributed by atoms with van der Waals surface area (Å²) in [6, 6.07) is 13.7. The molecule has 0 spiro atoms. The van der Waals surface area contributed by atoms with Crippen molar-refractivity contribution in [3.05, 3.63) is 54.1 Å². The Morgan fingerprint density at radius 2 is 1.67 bits per heavy atom. The molecule has 2 aromatic rings. The van der Waals surface area contributed by atoms with Gasteiger partial charge in [0.2, 0.25) is 0 Å². The van der Waals surface area contributed by atoms with Gasteiger partial charge in [0.15, 0.2) is 0 Å². The third-order valence-electron chi connectivity index (χ3n) is 2.34. The molecule has 92 valence electrons. The number of methoxy groups -OCH3 is 1. The molecule has 0 saturated heterocycles. The largest absolute Gasteiger partial charge is 0.497 e. The number of ether oxygens (including phenoxy) is 2. The highest BCUT2D eigenvalue weighted by Gasteiger charge is 2.08. The number of benzene rings is 2. The first kappa shape index (κ1) is 12.0. The number of aromatic carboxylic acids is 1. The van der Waals surface area contributed by atoms with E-state index in [0.717, 1.165) is 0 Å². The molecule has 0 heterocycles. The van der Waals surface area contributed by atoms with Gasteiger partial charge in [-0.05, 0) is 24.3 Å². The maximum atomic E-state index is 11.0. The molecule has 0 radical (unpaired) electrons. The lowest BCUT2D eigenvalue weighted by atomic mass is 10.2. The van der Waals surface area contributed by atoms with Crippen LogP contribution in [0, 0.1) is 0 Å². The summed E-state index contributed by atoms with van der Waals surface area (Å²) in [4.78, 5) is 11.0. The third-order valence-corrected chi connectivity index (χ3v) is 2.34. The predicted molar refractivity (Wildman–Crippen MR) is 66.5 cm³/mol. The molecule has 0 unspecified atom stereocenters. The minimum atomic E-state index is -1.02. The number of carboxylic acid groups (broad SMARTS) is 1. The predicted octanol–water partition coefficient (Wildman–Crippen LogP) is 3.19. The van der Waals surface area contributed by atoms with Crippen LogP contribution < -0.4 is 9.47 Å². The standard InChI is InChI=1S/C14H12O4/c1-17-12-7-10(14(15)16)8-13(9-12)18-11-5-3-2-4-6-11/h2-9H,1H3,(H,15,16). The van der Waals surface area contributed by atoms with Crippen LogP contribution in [0.15, 0.2) is 48.5 Å². The van der Waals surface area contributed by atoms with Crippen molar-refractivity contribution in [1.82, 2.24) is 0 Å². The lowest BCUT2D eigenvalue weighted by Gasteiger charge is -2.08. The fourth-order valence-corrected chi connectivity index (χ4v) is 1.50.